The number of rotatable bonds is 4. The molecule has 0 atom stereocenters. The molecule has 4 nitrogen and oxygen atoms in total. The number of nitrogens with zero attached hydrogens (tertiary/aromatic N) is 2. The van der Waals surface area contributed by atoms with E-state index in [4.69, 9.17) is 0 Å². The van der Waals surface area contributed by atoms with Gasteiger partial charge in [-0.3, -0.25) is 9.59 Å². The fourth-order valence-corrected chi connectivity index (χ4v) is 2.27. The van der Waals surface area contributed by atoms with Gasteiger partial charge < -0.3 is 9.47 Å². The maximum atomic E-state index is 11.9. The molecule has 0 spiro atoms. The highest BCUT2D eigenvalue weighted by atomic mass is 79.9. The summed E-state index contributed by atoms with van der Waals surface area (Å²) < 4.78 is 1.94. The fourth-order valence-electron chi connectivity index (χ4n) is 1.68. The summed E-state index contributed by atoms with van der Waals surface area (Å²) in [5.74, 6) is -0.0328. The molecule has 0 aliphatic heterocycles. The van der Waals surface area contributed by atoms with E-state index in [0.29, 0.717) is 17.6 Å². The van der Waals surface area contributed by atoms with Crippen LogP contribution in [0.1, 0.15) is 19.4 Å². The molecule has 1 aromatic heterocycles. The molecule has 0 aliphatic rings. The van der Waals surface area contributed by atoms with E-state index in [1.165, 1.54) is 4.57 Å². The molecule has 0 aromatic carbocycles. The molecular weight excluding hydrogens is 284 g/mol. The number of halogens is 1. The predicted octanol–water partition coefficient (Wildman–Crippen LogP) is 1.79. The second-order valence-corrected chi connectivity index (χ2v) is 4.72. The third-order valence-corrected chi connectivity index (χ3v) is 3.17. The number of hydrogen-bond donors (Lipinski definition) is 0. The molecule has 0 unspecified atom stereocenters. The van der Waals surface area contributed by atoms with Crippen LogP contribution in [0.2, 0.25) is 0 Å². The molecule has 5 heteroatoms. The van der Waals surface area contributed by atoms with Crippen molar-refractivity contribution in [3.8, 4) is 0 Å². The van der Waals surface area contributed by atoms with Crippen LogP contribution in [0.25, 0.3) is 0 Å². The molecule has 0 N–H and O–H groups in total. The van der Waals surface area contributed by atoms with Crippen molar-refractivity contribution in [3.05, 3.63) is 32.7 Å². The summed E-state index contributed by atoms with van der Waals surface area (Å²) >= 11 is 3.20. The van der Waals surface area contributed by atoms with Crippen LogP contribution in [-0.4, -0.2) is 28.5 Å². The Morgan fingerprint density at radius 3 is 2.53 bits per heavy atom. The lowest BCUT2D eigenvalue weighted by atomic mass is 10.3. The molecule has 0 bridgehead atoms. The van der Waals surface area contributed by atoms with Gasteiger partial charge in [0.15, 0.2) is 0 Å². The number of amides is 1. The molecule has 1 rings (SSSR count). The van der Waals surface area contributed by atoms with E-state index in [0.717, 1.165) is 5.56 Å². The quantitative estimate of drug-likeness (QED) is 0.851. The second-order valence-electron chi connectivity index (χ2n) is 3.86. The molecule has 0 radical (unpaired) electrons. The highest BCUT2D eigenvalue weighted by Gasteiger charge is 2.12. The first-order valence-electron chi connectivity index (χ1n) is 5.64. The average molecular weight is 301 g/mol. The first-order valence-corrected chi connectivity index (χ1v) is 6.43. The van der Waals surface area contributed by atoms with E-state index in [-0.39, 0.29) is 18.0 Å². The summed E-state index contributed by atoms with van der Waals surface area (Å²) in [5.41, 5.74) is 0.778. The molecule has 1 heterocycles. The van der Waals surface area contributed by atoms with E-state index < -0.39 is 0 Å². The van der Waals surface area contributed by atoms with Gasteiger partial charge in [0, 0.05) is 19.3 Å². The van der Waals surface area contributed by atoms with Crippen molar-refractivity contribution in [1.29, 1.82) is 0 Å². The van der Waals surface area contributed by atoms with Gasteiger partial charge in [0.2, 0.25) is 5.91 Å². The third kappa shape index (κ3) is 3.43. The van der Waals surface area contributed by atoms with Crippen LogP contribution in [0.3, 0.4) is 0 Å². The van der Waals surface area contributed by atoms with Crippen LogP contribution >= 0.6 is 15.9 Å². The van der Waals surface area contributed by atoms with Gasteiger partial charge in [-0.1, -0.05) is 0 Å². The number of pyridine rings is 1. The van der Waals surface area contributed by atoms with Crippen molar-refractivity contribution >= 4 is 21.8 Å². The first kappa shape index (κ1) is 14.0. The second kappa shape index (κ2) is 6.00. The minimum Gasteiger partial charge on any atom is -0.342 e. The SMILES string of the molecule is CCN(CC)C(=O)Cn1cc(C)cc(Br)c1=O. The highest BCUT2D eigenvalue weighted by molar-refractivity contribution is 9.10. The predicted molar refractivity (Wildman–Crippen MR) is 71.1 cm³/mol. The Morgan fingerprint density at radius 2 is 2.00 bits per heavy atom. The largest absolute Gasteiger partial charge is 0.342 e. The van der Waals surface area contributed by atoms with Gasteiger partial charge in [-0.2, -0.15) is 0 Å². The summed E-state index contributed by atoms with van der Waals surface area (Å²) in [7, 11) is 0. The van der Waals surface area contributed by atoms with Crippen LogP contribution in [0, 0.1) is 6.92 Å². The summed E-state index contributed by atoms with van der Waals surface area (Å²) in [6.07, 6.45) is 1.70. The van der Waals surface area contributed by atoms with E-state index in [2.05, 4.69) is 15.9 Å². The molecule has 0 saturated heterocycles. The van der Waals surface area contributed by atoms with Crippen LogP contribution in [0.4, 0.5) is 0 Å². The zero-order chi connectivity index (χ0) is 13.0. The van der Waals surface area contributed by atoms with Crippen molar-refractivity contribution < 1.29 is 4.79 Å². The summed E-state index contributed by atoms with van der Waals surface area (Å²) in [6.45, 7) is 7.17. The lowest BCUT2D eigenvalue weighted by Gasteiger charge is -2.19. The minimum atomic E-state index is -0.170. The van der Waals surface area contributed by atoms with Gasteiger partial charge in [-0.15, -0.1) is 0 Å². The topological polar surface area (TPSA) is 42.3 Å². The van der Waals surface area contributed by atoms with Crippen LogP contribution in [0.5, 0.6) is 0 Å². The zero-order valence-corrected chi connectivity index (χ0v) is 12.0. The Bertz CT molecular complexity index is 464. The highest BCUT2D eigenvalue weighted by Crippen LogP contribution is 2.06. The van der Waals surface area contributed by atoms with Gasteiger partial charge in [-0.05, 0) is 48.3 Å². The molecule has 1 amide bonds. The molecule has 0 aliphatic carbocycles. The van der Waals surface area contributed by atoms with Crippen LogP contribution in [-0.2, 0) is 11.3 Å². The van der Waals surface area contributed by atoms with Gasteiger partial charge in [0.25, 0.3) is 5.56 Å². The summed E-state index contributed by atoms with van der Waals surface area (Å²) in [4.78, 5) is 25.4. The average Bonchev–Trinajstić information content (AvgIpc) is 2.27. The number of carbonyl (C=O) groups is 1. The number of likely N-dealkylation sites (N-methyl/N-ethyl adjacent to an activating group) is 1. The van der Waals surface area contributed by atoms with Crippen molar-refractivity contribution in [3.63, 3.8) is 0 Å². The van der Waals surface area contributed by atoms with Gasteiger partial charge in [0.1, 0.15) is 6.54 Å². The Morgan fingerprint density at radius 1 is 1.41 bits per heavy atom. The summed E-state index contributed by atoms with van der Waals surface area (Å²) in [5, 5.41) is 0. The lowest BCUT2D eigenvalue weighted by molar-refractivity contribution is -0.131. The van der Waals surface area contributed by atoms with E-state index in [9.17, 15) is 9.59 Å². The molecule has 1 aromatic rings. The van der Waals surface area contributed by atoms with Crippen LogP contribution < -0.4 is 5.56 Å². The Hall–Kier alpha value is -1.10. The van der Waals surface area contributed by atoms with Gasteiger partial charge in [0.05, 0.1) is 4.47 Å². The van der Waals surface area contributed by atoms with Crippen molar-refractivity contribution in [2.45, 2.75) is 27.3 Å². The maximum absolute atomic E-state index is 11.9. The normalized spacial score (nSPS) is 10.4. The van der Waals surface area contributed by atoms with Gasteiger partial charge >= 0.3 is 0 Å². The number of aromatic nitrogens is 1. The molecule has 94 valence electrons. The standard InChI is InChI=1S/C12H17BrN2O2/c1-4-14(5-2)11(16)8-15-7-9(3)6-10(13)12(15)17/h6-7H,4-5,8H2,1-3H3. The van der Waals surface area contributed by atoms with E-state index >= 15 is 0 Å². The molecule has 17 heavy (non-hydrogen) atoms. The summed E-state index contributed by atoms with van der Waals surface area (Å²) in [6, 6.07) is 1.75. The smallest absolute Gasteiger partial charge is 0.265 e. The minimum absolute atomic E-state index is 0.0328. The maximum Gasteiger partial charge on any atom is 0.265 e. The fraction of sp³-hybridized carbons (Fsp3) is 0.500. The van der Waals surface area contributed by atoms with Crippen molar-refractivity contribution in [1.82, 2.24) is 9.47 Å². The Labute approximate surface area is 109 Å². The van der Waals surface area contributed by atoms with E-state index in [1.54, 1.807) is 17.2 Å². The third-order valence-electron chi connectivity index (χ3n) is 2.60. The lowest BCUT2D eigenvalue weighted by Crippen LogP contribution is -2.36. The number of hydrogen-bond acceptors (Lipinski definition) is 2. The van der Waals surface area contributed by atoms with Crippen LogP contribution in [0.15, 0.2) is 21.5 Å². The number of aryl methyl sites for hydroxylation is 1. The monoisotopic (exact) mass is 300 g/mol. The molecule has 0 fully saturated rings. The number of carbonyl (C=O) groups excluding carboxylic acids is 1. The van der Waals surface area contributed by atoms with Gasteiger partial charge in [-0.25, -0.2) is 0 Å². The molecule has 0 saturated carbocycles. The first-order chi connectivity index (χ1) is 7.99. The van der Waals surface area contributed by atoms with Crippen molar-refractivity contribution in [2.24, 2.45) is 0 Å². The van der Waals surface area contributed by atoms with Crippen molar-refractivity contribution in [2.75, 3.05) is 13.1 Å². The zero-order valence-electron chi connectivity index (χ0n) is 10.4. The Kier molecular flexibility index (Phi) is 4.93. The molecular formula is C12H17BrN2O2. The van der Waals surface area contributed by atoms with E-state index in [1.807, 2.05) is 20.8 Å². The Balaban J connectivity index is 2.96.